The lowest BCUT2D eigenvalue weighted by atomic mass is 9.79. The molecule has 4 heterocycles. The van der Waals surface area contributed by atoms with Crippen molar-refractivity contribution in [3.8, 4) is 0 Å². The Morgan fingerprint density at radius 3 is 2.77 bits per heavy atom. The third kappa shape index (κ3) is 2.41. The van der Waals surface area contributed by atoms with E-state index in [0.717, 1.165) is 44.7 Å². The highest BCUT2D eigenvalue weighted by Gasteiger charge is 2.48. The second kappa shape index (κ2) is 5.25. The standard InChI is InChI=1S/C17H20N4O/c22-16(14-3-7-18-8-4-14)21-9-5-17(13-21)11-20(12-17)10-15-2-1-6-19-15/h1-4,6-8,19H,5,9-13H2. The van der Waals surface area contributed by atoms with Crippen LogP contribution in [0.2, 0.25) is 0 Å². The maximum Gasteiger partial charge on any atom is 0.253 e. The molecule has 0 aromatic carbocycles. The largest absolute Gasteiger partial charge is 0.364 e. The van der Waals surface area contributed by atoms with Gasteiger partial charge in [-0.15, -0.1) is 0 Å². The first-order chi connectivity index (χ1) is 10.7. The van der Waals surface area contributed by atoms with Crippen molar-refractivity contribution in [1.29, 1.82) is 0 Å². The Morgan fingerprint density at radius 2 is 2.05 bits per heavy atom. The molecule has 2 saturated heterocycles. The zero-order valence-electron chi connectivity index (χ0n) is 12.5. The van der Waals surface area contributed by atoms with E-state index in [2.05, 4.69) is 20.9 Å². The smallest absolute Gasteiger partial charge is 0.253 e. The third-order valence-corrected chi connectivity index (χ3v) is 4.83. The van der Waals surface area contributed by atoms with Gasteiger partial charge in [0.15, 0.2) is 0 Å². The van der Waals surface area contributed by atoms with Crippen molar-refractivity contribution in [3.05, 3.63) is 54.1 Å². The fraction of sp³-hybridized carbons (Fsp3) is 0.412. The molecular weight excluding hydrogens is 276 g/mol. The maximum atomic E-state index is 12.5. The second-order valence-corrected chi connectivity index (χ2v) is 6.55. The number of hydrogen-bond donors (Lipinski definition) is 1. The number of aromatic amines is 1. The van der Waals surface area contributed by atoms with E-state index in [1.54, 1.807) is 24.5 Å². The van der Waals surface area contributed by atoms with E-state index in [0.29, 0.717) is 5.41 Å². The zero-order chi connectivity index (χ0) is 15.0. The van der Waals surface area contributed by atoms with Gasteiger partial charge in [0.25, 0.3) is 5.91 Å². The number of pyridine rings is 1. The van der Waals surface area contributed by atoms with E-state index in [1.165, 1.54) is 5.69 Å². The molecule has 0 saturated carbocycles. The summed E-state index contributed by atoms with van der Waals surface area (Å²) >= 11 is 0. The number of rotatable bonds is 3. The zero-order valence-corrected chi connectivity index (χ0v) is 12.5. The van der Waals surface area contributed by atoms with Crippen LogP contribution in [0, 0.1) is 5.41 Å². The minimum Gasteiger partial charge on any atom is -0.364 e. The van der Waals surface area contributed by atoms with E-state index in [9.17, 15) is 4.79 Å². The van der Waals surface area contributed by atoms with Crippen LogP contribution in [-0.4, -0.2) is 51.9 Å². The minimum absolute atomic E-state index is 0.141. The quantitative estimate of drug-likeness (QED) is 0.939. The Hall–Kier alpha value is -2.14. The van der Waals surface area contributed by atoms with Gasteiger partial charge in [0.05, 0.1) is 0 Å². The first-order valence-electron chi connectivity index (χ1n) is 7.78. The monoisotopic (exact) mass is 296 g/mol. The summed E-state index contributed by atoms with van der Waals surface area (Å²) in [5, 5.41) is 0. The number of hydrogen-bond acceptors (Lipinski definition) is 3. The number of nitrogens with one attached hydrogen (secondary N) is 1. The van der Waals surface area contributed by atoms with Gasteiger partial charge in [-0.2, -0.15) is 0 Å². The van der Waals surface area contributed by atoms with Crippen LogP contribution in [0.25, 0.3) is 0 Å². The molecule has 4 rings (SSSR count). The van der Waals surface area contributed by atoms with Gasteiger partial charge in [-0.05, 0) is 30.7 Å². The van der Waals surface area contributed by atoms with Crippen molar-refractivity contribution in [3.63, 3.8) is 0 Å². The predicted octanol–water partition coefficient (Wildman–Crippen LogP) is 1.76. The van der Waals surface area contributed by atoms with Gasteiger partial charge in [0.1, 0.15) is 0 Å². The Bertz CT molecular complexity index is 647. The van der Waals surface area contributed by atoms with E-state index in [1.807, 2.05) is 17.2 Å². The summed E-state index contributed by atoms with van der Waals surface area (Å²) in [4.78, 5) is 24.2. The number of likely N-dealkylation sites (tertiary alicyclic amines) is 2. The molecule has 1 spiro atoms. The molecule has 114 valence electrons. The molecule has 1 amide bonds. The van der Waals surface area contributed by atoms with Crippen LogP contribution in [0.15, 0.2) is 42.9 Å². The van der Waals surface area contributed by atoms with Crippen LogP contribution in [0.1, 0.15) is 22.5 Å². The number of H-pyrrole nitrogens is 1. The Balaban J connectivity index is 1.35. The van der Waals surface area contributed by atoms with Crippen molar-refractivity contribution in [1.82, 2.24) is 19.8 Å². The van der Waals surface area contributed by atoms with E-state index in [4.69, 9.17) is 0 Å². The number of aromatic nitrogens is 2. The normalized spacial score (nSPS) is 20.3. The van der Waals surface area contributed by atoms with Crippen LogP contribution >= 0.6 is 0 Å². The minimum atomic E-state index is 0.141. The van der Waals surface area contributed by atoms with Gasteiger partial charge in [-0.3, -0.25) is 14.7 Å². The highest BCUT2D eigenvalue weighted by atomic mass is 16.2. The lowest BCUT2D eigenvalue weighted by Crippen LogP contribution is -2.57. The summed E-state index contributed by atoms with van der Waals surface area (Å²) in [5.41, 5.74) is 2.32. The Kier molecular flexibility index (Phi) is 3.22. The lowest BCUT2D eigenvalue weighted by Gasteiger charge is -2.48. The van der Waals surface area contributed by atoms with Gasteiger partial charge in [0, 0.05) is 68.0 Å². The molecule has 0 atom stereocenters. The van der Waals surface area contributed by atoms with E-state index < -0.39 is 0 Å². The molecule has 2 aliphatic rings. The van der Waals surface area contributed by atoms with Crippen molar-refractivity contribution >= 4 is 5.91 Å². The Labute approximate surface area is 130 Å². The molecule has 2 aliphatic heterocycles. The fourth-order valence-electron chi connectivity index (χ4n) is 3.76. The molecular formula is C17H20N4O. The van der Waals surface area contributed by atoms with Gasteiger partial charge in [0.2, 0.25) is 0 Å². The van der Waals surface area contributed by atoms with Crippen LogP contribution in [0.5, 0.6) is 0 Å². The van der Waals surface area contributed by atoms with Crippen LogP contribution in [0.3, 0.4) is 0 Å². The van der Waals surface area contributed by atoms with Crippen molar-refractivity contribution in [2.45, 2.75) is 13.0 Å². The SMILES string of the molecule is O=C(c1ccncc1)N1CCC2(CN(Cc3ccc[nH]3)C2)C1. The van der Waals surface area contributed by atoms with Crippen LogP contribution in [0.4, 0.5) is 0 Å². The summed E-state index contributed by atoms with van der Waals surface area (Å²) in [5.74, 6) is 0.141. The molecule has 0 bridgehead atoms. The number of carbonyl (C=O) groups is 1. The molecule has 2 aromatic rings. The molecule has 2 aromatic heterocycles. The summed E-state index contributed by atoms with van der Waals surface area (Å²) in [7, 11) is 0. The molecule has 0 aliphatic carbocycles. The van der Waals surface area contributed by atoms with Crippen molar-refractivity contribution in [2.24, 2.45) is 5.41 Å². The number of amides is 1. The van der Waals surface area contributed by atoms with Crippen molar-refractivity contribution in [2.75, 3.05) is 26.2 Å². The molecule has 22 heavy (non-hydrogen) atoms. The number of carbonyl (C=O) groups excluding carboxylic acids is 1. The molecule has 0 radical (unpaired) electrons. The third-order valence-electron chi connectivity index (χ3n) is 4.83. The van der Waals surface area contributed by atoms with Gasteiger partial charge >= 0.3 is 0 Å². The summed E-state index contributed by atoms with van der Waals surface area (Å²) in [6.45, 7) is 4.91. The lowest BCUT2D eigenvalue weighted by molar-refractivity contribution is 0.00187. The van der Waals surface area contributed by atoms with Crippen LogP contribution < -0.4 is 0 Å². The first-order valence-corrected chi connectivity index (χ1v) is 7.78. The average Bonchev–Trinajstić information content (AvgIpc) is 3.17. The van der Waals surface area contributed by atoms with Gasteiger partial charge in [-0.1, -0.05) is 0 Å². The predicted molar refractivity (Wildman–Crippen MR) is 83.3 cm³/mol. The van der Waals surface area contributed by atoms with E-state index >= 15 is 0 Å². The molecule has 0 unspecified atom stereocenters. The molecule has 5 nitrogen and oxygen atoms in total. The maximum absolute atomic E-state index is 12.5. The second-order valence-electron chi connectivity index (χ2n) is 6.55. The average molecular weight is 296 g/mol. The molecule has 5 heteroatoms. The first kappa shape index (κ1) is 13.5. The summed E-state index contributed by atoms with van der Waals surface area (Å²) in [6.07, 6.45) is 6.45. The fourth-order valence-corrected chi connectivity index (χ4v) is 3.76. The van der Waals surface area contributed by atoms with E-state index in [-0.39, 0.29) is 5.91 Å². The van der Waals surface area contributed by atoms with Crippen molar-refractivity contribution < 1.29 is 4.79 Å². The molecule has 2 fully saturated rings. The van der Waals surface area contributed by atoms with Gasteiger partial charge < -0.3 is 9.88 Å². The van der Waals surface area contributed by atoms with Gasteiger partial charge in [-0.25, -0.2) is 0 Å². The summed E-state index contributed by atoms with van der Waals surface area (Å²) in [6, 6.07) is 7.76. The topological polar surface area (TPSA) is 52.2 Å². The highest BCUT2D eigenvalue weighted by Crippen LogP contribution is 2.40. The molecule has 1 N–H and O–H groups in total. The van der Waals surface area contributed by atoms with Crippen LogP contribution in [-0.2, 0) is 6.54 Å². The number of nitrogens with zero attached hydrogens (tertiary/aromatic N) is 3. The highest BCUT2D eigenvalue weighted by molar-refractivity contribution is 5.94. The Morgan fingerprint density at radius 1 is 1.23 bits per heavy atom. The summed E-state index contributed by atoms with van der Waals surface area (Å²) < 4.78 is 0.